The summed E-state index contributed by atoms with van der Waals surface area (Å²) in [5, 5.41) is 7.22. The molecular weight excluding hydrogens is 548 g/mol. The van der Waals surface area contributed by atoms with Crippen molar-refractivity contribution in [3.05, 3.63) is 158 Å². The van der Waals surface area contributed by atoms with Gasteiger partial charge in [0, 0.05) is 38.2 Å². The Bertz CT molecular complexity index is 2710. The Morgan fingerprint density at radius 1 is 0.400 bits per heavy atom. The zero-order chi connectivity index (χ0) is 29.5. The summed E-state index contributed by atoms with van der Waals surface area (Å²) in [4.78, 5) is 0. The molecule has 0 spiro atoms. The van der Waals surface area contributed by atoms with Gasteiger partial charge in [-0.05, 0) is 54.1 Å². The second kappa shape index (κ2) is 9.22. The maximum absolute atomic E-state index is 6.66. The fourth-order valence-electron chi connectivity index (χ4n) is 7.40. The van der Waals surface area contributed by atoms with Crippen LogP contribution in [-0.2, 0) is 0 Å². The quantitative estimate of drug-likeness (QED) is 0.206. The van der Waals surface area contributed by atoms with Crippen molar-refractivity contribution in [3.63, 3.8) is 0 Å². The van der Waals surface area contributed by atoms with E-state index in [-0.39, 0.29) is 0 Å². The largest absolute Gasteiger partial charge is 0.455 e. The van der Waals surface area contributed by atoms with Gasteiger partial charge in [0.1, 0.15) is 11.2 Å². The third-order valence-corrected chi connectivity index (χ3v) is 9.33. The molecule has 3 nitrogen and oxygen atoms in total. The van der Waals surface area contributed by atoms with E-state index >= 15 is 0 Å². The van der Waals surface area contributed by atoms with Crippen molar-refractivity contribution in [3.8, 4) is 22.5 Å². The van der Waals surface area contributed by atoms with Gasteiger partial charge in [0.15, 0.2) is 0 Å². The molecule has 7 aromatic carbocycles. The average Bonchev–Trinajstić information content (AvgIpc) is 3.76. The summed E-state index contributed by atoms with van der Waals surface area (Å²) in [6.07, 6.45) is 0. The fraction of sp³-hybridized carbons (Fsp3) is 0. The van der Waals surface area contributed by atoms with E-state index in [0.717, 1.165) is 50.0 Å². The van der Waals surface area contributed by atoms with Gasteiger partial charge in [-0.15, -0.1) is 0 Å². The van der Waals surface area contributed by atoms with Crippen LogP contribution in [0, 0.1) is 0 Å². The third kappa shape index (κ3) is 3.41. The van der Waals surface area contributed by atoms with Crippen molar-refractivity contribution in [2.24, 2.45) is 0 Å². The minimum atomic E-state index is 0.892. The second-order valence-corrected chi connectivity index (χ2v) is 11.7. The van der Waals surface area contributed by atoms with E-state index in [4.69, 9.17) is 4.42 Å². The van der Waals surface area contributed by atoms with Gasteiger partial charge in [0.25, 0.3) is 0 Å². The molecule has 0 unspecified atom stereocenters. The zero-order valence-corrected chi connectivity index (χ0v) is 24.3. The SMILES string of the molecule is c1ccc(-c2ccc(-n3c4ccccc4c4ccc(-n5c6ccccc6c6ccccc65)cc43)c3c2oc2ccccc23)cc1. The number of aromatic nitrogens is 2. The summed E-state index contributed by atoms with van der Waals surface area (Å²) in [6, 6.07) is 56.4. The van der Waals surface area contributed by atoms with Gasteiger partial charge >= 0.3 is 0 Å². The van der Waals surface area contributed by atoms with Crippen molar-refractivity contribution >= 4 is 65.6 Å². The lowest BCUT2D eigenvalue weighted by atomic mass is 10.0. The number of furan rings is 1. The summed E-state index contributed by atoms with van der Waals surface area (Å²) in [5.41, 5.74) is 11.0. The minimum Gasteiger partial charge on any atom is -0.455 e. The fourth-order valence-corrected chi connectivity index (χ4v) is 7.40. The molecule has 0 fully saturated rings. The lowest BCUT2D eigenvalue weighted by Crippen LogP contribution is -1.98. The number of hydrogen-bond acceptors (Lipinski definition) is 1. The van der Waals surface area contributed by atoms with Crippen LogP contribution in [0.2, 0.25) is 0 Å². The molecule has 0 amide bonds. The molecule has 0 bridgehead atoms. The van der Waals surface area contributed by atoms with Crippen molar-refractivity contribution < 1.29 is 4.42 Å². The Balaban J connectivity index is 1.33. The molecule has 0 saturated heterocycles. The van der Waals surface area contributed by atoms with Crippen molar-refractivity contribution in [2.75, 3.05) is 0 Å². The third-order valence-electron chi connectivity index (χ3n) is 9.33. The Kier molecular flexibility index (Phi) is 5.00. The first-order valence-electron chi connectivity index (χ1n) is 15.4. The van der Waals surface area contributed by atoms with Gasteiger partial charge in [0.2, 0.25) is 0 Å². The average molecular weight is 575 g/mol. The molecule has 0 saturated carbocycles. The van der Waals surface area contributed by atoms with E-state index in [0.29, 0.717) is 0 Å². The highest BCUT2D eigenvalue weighted by Gasteiger charge is 2.21. The molecule has 0 aliphatic rings. The Labute approximate surface area is 258 Å². The number of rotatable bonds is 3. The first-order valence-corrected chi connectivity index (χ1v) is 15.4. The predicted octanol–water partition coefficient (Wildman–Crippen LogP) is 11.4. The van der Waals surface area contributed by atoms with Gasteiger partial charge in [-0.25, -0.2) is 0 Å². The van der Waals surface area contributed by atoms with Crippen LogP contribution in [0.5, 0.6) is 0 Å². The number of hydrogen-bond donors (Lipinski definition) is 0. The topological polar surface area (TPSA) is 23.0 Å². The first-order chi connectivity index (χ1) is 22.3. The molecule has 0 N–H and O–H groups in total. The number of nitrogens with zero attached hydrogens (tertiary/aromatic N) is 2. The first kappa shape index (κ1) is 24.4. The summed E-state index contributed by atoms with van der Waals surface area (Å²) >= 11 is 0. The summed E-state index contributed by atoms with van der Waals surface area (Å²) in [6.45, 7) is 0. The van der Waals surface area contributed by atoms with Gasteiger partial charge in [0.05, 0.1) is 33.1 Å². The number of benzene rings is 7. The zero-order valence-electron chi connectivity index (χ0n) is 24.3. The summed E-state index contributed by atoms with van der Waals surface area (Å²) in [7, 11) is 0. The lowest BCUT2D eigenvalue weighted by molar-refractivity contribution is 0.670. The second-order valence-electron chi connectivity index (χ2n) is 11.7. The van der Waals surface area contributed by atoms with Gasteiger partial charge < -0.3 is 13.6 Å². The maximum atomic E-state index is 6.66. The molecule has 0 aliphatic heterocycles. The Morgan fingerprint density at radius 2 is 0.956 bits per heavy atom. The molecule has 0 atom stereocenters. The lowest BCUT2D eigenvalue weighted by Gasteiger charge is -2.13. The van der Waals surface area contributed by atoms with Crippen molar-refractivity contribution in [1.29, 1.82) is 0 Å². The van der Waals surface area contributed by atoms with Crippen LogP contribution in [0.15, 0.2) is 162 Å². The monoisotopic (exact) mass is 574 g/mol. The van der Waals surface area contributed by atoms with Gasteiger partial charge in [-0.3, -0.25) is 0 Å². The van der Waals surface area contributed by atoms with Crippen LogP contribution >= 0.6 is 0 Å². The maximum Gasteiger partial charge on any atom is 0.145 e. The number of para-hydroxylation sites is 4. The van der Waals surface area contributed by atoms with Crippen LogP contribution in [0.3, 0.4) is 0 Å². The molecule has 3 heterocycles. The smallest absolute Gasteiger partial charge is 0.145 e. The van der Waals surface area contributed by atoms with Gasteiger partial charge in [-0.1, -0.05) is 109 Å². The highest BCUT2D eigenvalue weighted by Crippen LogP contribution is 2.43. The van der Waals surface area contributed by atoms with Gasteiger partial charge in [-0.2, -0.15) is 0 Å². The Morgan fingerprint density at radius 3 is 1.64 bits per heavy atom. The predicted molar refractivity (Wildman–Crippen MR) is 188 cm³/mol. The van der Waals surface area contributed by atoms with E-state index in [1.165, 1.54) is 38.1 Å². The van der Waals surface area contributed by atoms with E-state index < -0.39 is 0 Å². The molecule has 0 radical (unpaired) electrons. The minimum absolute atomic E-state index is 0.892. The highest BCUT2D eigenvalue weighted by atomic mass is 16.3. The molecular formula is C42H26N2O. The van der Waals surface area contributed by atoms with Crippen LogP contribution in [-0.4, -0.2) is 9.13 Å². The van der Waals surface area contributed by atoms with Crippen molar-refractivity contribution in [1.82, 2.24) is 9.13 Å². The molecule has 10 aromatic rings. The molecule has 45 heavy (non-hydrogen) atoms. The van der Waals surface area contributed by atoms with E-state index in [1.807, 2.05) is 6.07 Å². The van der Waals surface area contributed by atoms with Crippen LogP contribution < -0.4 is 0 Å². The molecule has 0 aliphatic carbocycles. The summed E-state index contributed by atoms with van der Waals surface area (Å²) in [5.74, 6) is 0. The van der Waals surface area contributed by atoms with Crippen LogP contribution in [0.1, 0.15) is 0 Å². The molecule has 3 heteroatoms. The Hall–Kier alpha value is -6.06. The highest BCUT2D eigenvalue weighted by molar-refractivity contribution is 6.17. The van der Waals surface area contributed by atoms with E-state index in [9.17, 15) is 0 Å². The standard InChI is InChI=1S/C42H26N2O/c1-2-12-27(13-3-1)29-24-25-38(41-34-17-7-11-21-40(34)45-42(29)41)44-37-20-10-6-16-32(37)33-23-22-28(26-39(33)44)43-35-18-8-4-14-30(35)31-15-5-9-19-36(31)43/h1-26H. The van der Waals surface area contributed by atoms with E-state index in [2.05, 4.69) is 161 Å². The number of fused-ring (bicyclic) bond motifs is 9. The van der Waals surface area contributed by atoms with Crippen LogP contribution in [0.25, 0.3) is 88.1 Å². The molecule has 3 aromatic heterocycles. The normalized spacial score (nSPS) is 12.0. The van der Waals surface area contributed by atoms with Crippen LogP contribution in [0.4, 0.5) is 0 Å². The molecule has 10 rings (SSSR count). The van der Waals surface area contributed by atoms with Crippen molar-refractivity contribution in [2.45, 2.75) is 0 Å². The summed E-state index contributed by atoms with van der Waals surface area (Å²) < 4.78 is 11.5. The van der Waals surface area contributed by atoms with E-state index in [1.54, 1.807) is 0 Å². The molecule has 210 valence electrons.